The Hall–Kier alpha value is -1.95. The van der Waals surface area contributed by atoms with E-state index in [-0.39, 0.29) is 11.4 Å². The minimum Gasteiger partial charge on any atom is -0.508 e. The van der Waals surface area contributed by atoms with E-state index in [1.165, 1.54) is 0 Å². The van der Waals surface area contributed by atoms with Crippen LogP contribution in [0.3, 0.4) is 0 Å². The summed E-state index contributed by atoms with van der Waals surface area (Å²) in [5, 5.41) is 14.3. The third-order valence-electron chi connectivity index (χ3n) is 6.69. The van der Waals surface area contributed by atoms with E-state index in [9.17, 15) is 9.50 Å². The molecule has 1 aliphatic carbocycles. The number of phenolic OH excluding ortho intramolecular Hbond substituents is 1. The molecule has 0 atom stereocenters. The Morgan fingerprint density at radius 2 is 1.72 bits per heavy atom. The van der Waals surface area contributed by atoms with Crippen molar-refractivity contribution in [3.05, 3.63) is 65.0 Å². The van der Waals surface area contributed by atoms with Crippen LogP contribution in [0.25, 0.3) is 0 Å². The van der Waals surface area contributed by atoms with Crippen LogP contribution in [0.15, 0.2) is 42.5 Å². The summed E-state index contributed by atoms with van der Waals surface area (Å²) < 4.78 is 14.6. The number of rotatable bonds is 6. The standard InChI is InChI=1S/C24H32FN3O/c1-27-13-15-28(16-14-27)18-20-19(7-6-10-23(20)29)17-26-24(11-4-5-12-24)21-8-2-3-9-22(21)25/h2-3,6-10,26,29H,4-5,11-18H2,1H3. The van der Waals surface area contributed by atoms with Crippen molar-refractivity contribution in [1.82, 2.24) is 15.1 Å². The monoisotopic (exact) mass is 397 g/mol. The Labute approximate surface area is 173 Å². The van der Waals surface area contributed by atoms with Crippen LogP contribution in [0.1, 0.15) is 42.4 Å². The van der Waals surface area contributed by atoms with Crippen molar-refractivity contribution in [1.29, 1.82) is 0 Å². The molecule has 0 unspecified atom stereocenters. The maximum atomic E-state index is 14.6. The van der Waals surface area contributed by atoms with Gasteiger partial charge in [-0.25, -0.2) is 4.39 Å². The maximum Gasteiger partial charge on any atom is 0.128 e. The van der Waals surface area contributed by atoms with Crippen LogP contribution in [0.4, 0.5) is 4.39 Å². The molecule has 5 heteroatoms. The van der Waals surface area contributed by atoms with Gasteiger partial charge in [0.25, 0.3) is 0 Å². The number of halogens is 1. The van der Waals surface area contributed by atoms with E-state index in [1.54, 1.807) is 18.2 Å². The fourth-order valence-corrected chi connectivity index (χ4v) is 4.83. The second kappa shape index (κ2) is 8.82. The minimum atomic E-state index is -0.318. The predicted molar refractivity (Wildman–Crippen MR) is 114 cm³/mol. The summed E-state index contributed by atoms with van der Waals surface area (Å²) in [5.41, 5.74) is 2.55. The molecule has 0 bridgehead atoms. The molecule has 2 aliphatic rings. The first-order valence-electron chi connectivity index (χ1n) is 10.8. The molecule has 0 aromatic heterocycles. The average Bonchev–Trinajstić information content (AvgIpc) is 3.20. The van der Waals surface area contributed by atoms with E-state index in [0.717, 1.165) is 75.1 Å². The normalized spacial score (nSPS) is 20.2. The van der Waals surface area contributed by atoms with E-state index in [0.29, 0.717) is 12.3 Å². The first-order valence-corrected chi connectivity index (χ1v) is 10.8. The van der Waals surface area contributed by atoms with Crippen LogP contribution in [0, 0.1) is 5.82 Å². The van der Waals surface area contributed by atoms with Crippen molar-refractivity contribution in [2.75, 3.05) is 33.2 Å². The fraction of sp³-hybridized carbons (Fsp3) is 0.500. The van der Waals surface area contributed by atoms with Crippen molar-refractivity contribution in [2.24, 2.45) is 0 Å². The van der Waals surface area contributed by atoms with Crippen LogP contribution in [-0.4, -0.2) is 48.1 Å². The largest absolute Gasteiger partial charge is 0.508 e. The second-order valence-electron chi connectivity index (χ2n) is 8.62. The zero-order valence-electron chi connectivity index (χ0n) is 17.3. The van der Waals surface area contributed by atoms with Gasteiger partial charge < -0.3 is 15.3 Å². The number of nitrogens with zero attached hydrogens (tertiary/aromatic N) is 2. The molecule has 29 heavy (non-hydrogen) atoms. The van der Waals surface area contributed by atoms with Gasteiger partial charge in [0.2, 0.25) is 0 Å². The molecule has 2 aromatic rings. The third-order valence-corrected chi connectivity index (χ3v) is 6.69. The van der Waals surface area contributed by atoms with Gasteiger partial charge in [0.15, 0.2) is 0 Å². The zero-order chi connectivity index (χ0) is 20.3. The Balaban J connectivity index is 1.53. The molecule has 4 rings (SSSR count). The van der Waals surface area contributed by atoms with E-state index in [1.807, 2.05) is 18.2 Å². The molecular formula is C24H32FN3O. The Kier molecular flexibility index (Phi) is 6.18. The molecule has 2 N–H and O–H groups in total. The molecule has 1 heterocycles. The van der Waals surface area contributed by atoms with Crippen LogP contribution in [0.5, 0.6) is 5.75 Å². The lowest BCUT2D eigenvalue weighted by Gasteiger charge is -2.34. The van der Waals surface area contributed by atoms with E-state index < -0.39 is 0 Å². The van der Waals surface area contributed by atoms with Crippen LogP contribution in [0.2, 0.25) is 0 Å². The van der Waals surface area contributed by atoms with E-state index in [2.05, 4.69) is 28.2 Å². The highest BCUT2D eigenvalue weighted by atomic mass is 19.1. The van der Waals surface area contributed by atoms with Gasteiger partial charge in [0, 0.05) is 55.9 Å². The van der Waals surface area contributed by atoms with E-state index >= 15 is 0 Å². The molecule has 1 saturated carbocycles. The molecule has 2 fully saturated rings. The topological polar surface area (TPSA) is 38.7 Å². The lowest BCUT2D eigenvalue weighted by atomic mass is 9.87. The van der Waals surface area contributed by atoms with Gasteiger partial charge in [0.05, 0.1) is 0 Å². The van der Waals surface area contributed by atoms with Crippen LogP contribution < -0.4 is 5.32 Å². The number of hydrogen-bond acceptors (Lipinski definition) is 4. The van der Waals surface area contributed by atoms with Gasteiger partial charge in [-0.1, -0.05) is 43.2 Å². The zero-order valence-corrected chi connectivity index (χ0v) is 17.3. The Morgan fingerprint density at radius 3 is 2.45 bits per heavy atom. The SMILES string of the molecule is CN1CCN(Cc2c(O)cccc2CNC2(c3ccccc3F)CCCC2)CC1. The lowest BCUT2D eigenvalue weighted by molar-refractivity contribution is 0.146. The first-order chi connectivity index (χ1) is 14.1. The van der Waals surface area contributed by atoms with Crippen molar-refractivity contribution in [3.63, 3.8) is 0 Å². The summed E-state index contributed by atoms with van der Waals surface area (Å²) in [6.07, 6.45) is 4.10. The summed E-state index contributed by atoms with van der Waals surface area (Å²) >= 11 is 0. The van der Waals surface area contributed by atoms with Crippen LogP contribution >= 0.6 is 0 Å². The number of phenols is 1. The van der Waals surface area contributed by atoms with Gasteiger partial charge >= 0.3 is 0 Å². The van der Waals surface area contributed by atoms with Crippen LogP contribution in [-0.2, 0) is 18.6 Å². The quantitative estimate of drug-likeness (QED) is 0.777. The third kappa shape index (κ3) is 4.47. The number of nitrogens with one attached hydrogen (secondary N) is 1. The number of aromatic hydroxyl groups is 1. The molecule has 0 spiro atoms. The maximum absolute atomic E-state index is 14.6. The average molecular weight is 398 g/mol. The van der Waals surface area contributed by atoms with Gasteiger partial charge in [0.1, 0.15) is 11.6 Å². The number of piperazine rings is 1. The van der Waals surface area contributed by atoms with E-state index in [4.69, 9.17) is 0 Å². The lowest BCUT2D eigenvalue weighted by Crippen LogP contribution is -2.44. The minimum absolute atomic E-state index is 0.129. The van der Waals surface area contributed by atoms with Crippen molar-refractivity contribution < 1.29 is 9.50 Å². The molecular weight excluding hydrogens is 365 g/mol. The fourth-order valence-electron chi connectivity index (χ4n) is 4.83. The predicted octanol–water partition coefficient (Wildman–Crippen LogP) is 3.84. The molecule has 0 amide bonds. The molecule has 156 valence electrons. The molecule has 2 aromatic carbocycles. The van der Waals surface area contributed by atoms with Crippen molar-refractivity contribution >= 4 is 0 Å². The summed E-state index contributed by atoms with van der Waals surface area (Å²) in [4.78, 5) is 4.74. The summed E-state index contributed by atoms with van der Waals surface area (Å²) in [5.74, 6) is 0.227. The summed E-state index contributed by atoms with van der Waals surface area (Å²) in [6, 6.07) is 12.9. The van der Waals surface area contributed by atoms with Gasteiger partial charge in [-0.05, 0) is 37.6 Å². The molecule has 1 aliphatic heterocycles. The smallest absolute Gasteiger partial charge is 0.128 e. The number of hydrogen-bond donors (Lipinski definition) is 2. The molecule has 1 saturated heterocycles. The van der Waals surface area contributed by atoms with Gasteiger partial charge in [-0.15, -0.1) is 0 Å². The second-order valence-corrected chi connectivity index (χ2v) is 8.62. The molecule has 4 nitrogen and oxygen atoms in total. The highest BCUT2D eigenvalue weighted by Gasteiger charge is 2.37. The Bertz CT molecular complexity index is 827. The van der Waals surface area contributed by atoms with Crippen molar-refractivity contribution in [3.8, 4) is 5.75 Å². The molecule has 0 radical (unpaired) electrons. The summed E-state index contributed by atoms with van der Waals surface area (Å²) in [6.45, 7) is 5.51. The van der Waals surface area contributed by atoms with Gasteiger partial charge in [-0.3, -0.25) is 4.90 Å². The summed E-state index contributed by atoms with van der Waals surface area (Å²) in [7, 11) is 2.15. The highest BCUT2D eigenvalue weighted by Crippen LogP contribution is 2.40. The number of benzene rings is 2. The first kappa shape index (κ1) is 20.3. The van der Waals surface area contributed by atoms with Crippen molar-refractivity contribution in [2.45, 2.75) is 44.3 Å². The van der Waals surface area contributed by atoms with Gasteiger partial charge in [-0.2, -0.15) is 0 Å². The highest BCUT2D eigenvalue weighted by molar-refractivity contribution is 5.40. The Morgan fingerprint density at radius 1 is 1.00 bits per heavy atom. The number of likely N-dealkylation sites (N-methyl/N-ethyl adjacent to an activating group) is 1.